The fraction of sp³-hybridized carbons (Fsp3) is 0.167. The Morgan fingerprint density at radius 2 is 2.12 bits per heavy atom. The Labute approximate surface area is 108 Å². The molecule has 0 saturated carbocycles. The van der Waals surface area contributed by atoms with Crippen LogP contribution in [0.3, 0.4) is 0 Å². The Bertz CT molecular complexity index is 479. The fourth-order valence-corrected chi connectivity index (χ4v) is 1.69. The van der Waals surface area contributed by atoms with E-state index in [1.807, 2.05) is 24.3 Å². The van der Waals surface area contributed by atoms with Crippen molar-refractivity contribution in [3.63, 3.8) is 0 Å². The monoisotopic (exact) mass is 293 g/mol. The maximum atomic E-state index is 11.6. The van der Waals surface area contributed by atoms with Gasteiger partial charge in [0.05, 0.1) is 25.0 Å². The van der Waals surface area contributed by atoms with Gasteiger partial charge in [-0.15, -0.1) is 0 Å². The molecule has 0 unspecified atom stereocenters. The van der Waals surface area contributed by atoms with Crippen LogP contribution in [0.1, 0.15) is 11.3 Å². The van der Waals surface area contributed by atoms with Gasteiger partial charge < -0.3 is 10.3 Å². The lowest BCUT2D eigenvalue weighted by atomic mass is 10.1. The number of aromatic nitrogens is 2. The number of nitrogens with zero attached hydrogens (tertiary/aromatic N) is 1. The standard InChI is InChI=1S/C12H12BrN3O/c13-10-3-1-9(2-4-10)5-12(17)15-7-11-6-14-8-16-11/h1-4,6,8H,5,7H2,(H,14,16)(H,15,17). The van der Waals surface area contributed by atoms with Gasteiger partial charge in [-0.05, 0) is 17.7 Å². The summed E-state index contributed by atoms with van der Waals surface area (Å²) < 4.78 is 1.01. The number of hydrogen-bond acceptors (Lipinski definition) is 2. The van der Waals surface area contributed by atoms with Crippen LogP contribution in [0.25, 0.3) is 0 Å². The Morgan fingerprint density at radius 3 is 2.76 bits per heavy atom. The lowest BCUT2D eigenvalue weighted by Gasteiger charge is -2.03. The van der Waals surface area contributed by atoms with Crippen molar-refractivity contribution in [3.8, 4) is 0 Å². The highest BCUT2D eigenvalue weighted by Crippen LogP contribution is 2.10. The Balaban J connectivity index is 1.83. The zero-order valence-corrected chi connectivity index (χ0v) is 10.7. The average molecular weight is 294 g/mol. The van der Waals surface area contributed by atoms with E-state index < -0.39 is 0 Å². The number of carbonyl (C=O) groups excluding carboxylic acids is 1. The second-order valence-corrected chi connectivity index (χ2v) is 4.57. The zero-order chi connectivity index (χ0) is 12.1. The number of H-pyrrole nitrogens is 1. The maximum Gasteiger partial charge on any atom is 0.224 e. The first-order valence-electron chi connectivity index (χ1n) is 5.22. The number of halogens is 1. The maximum absolute atomic E-state index is 11.6. The van der Waals surface area contributed by atoms with Crippen molar-refractivity contribution in [2.75, 3.05) is 0 Å². The van der Waals surface area contributed by atoms with Crippen LogP contribution in [0, 0.1) is 0 Å². The zero-order valence-electron chi connectivity index (χ0n) is 9.11. The number of carbonyl (C=O) groups is 1. The van der Waals surface area contributed by atoms with Crippen LogP contribution in [-0.4, -0.2) is 15.9 Å². The van der Waals surface area contributed by atoms with Crippen LogP contribution in [0.5, 0.6) is 0 Å². The van der Waals surface area contributed by atoms with E-state index in [-0.39, 0.29) is 5.91 Å². The van der Waals surface area contributed by atoms with Gasteiger partial charge in [-0.25, -0.2) is 4.98 Å². The van der Waals surface area contributed by atoms with E-state index in [1.54, 1.807) is 12.5 Å². The number of amides is 1. The van der Waals surface area contributed by atoms with Crippen LogP contribution >= 0.6 is 15.9 Å². The van der Waals surface area contributed by atoms with Gasteiger partial charge in [-0.1, -0.05) is 28.1 Å². The minimum absolute atomic E-state index is 0.00178. The Kier molecular flexibility index (Phi) is 3.93. The normalized spacial score (nSPS) is 10.2. The summed E-state index contributed by atoms with van der Waals surface area (Å²) in [6, 6.07) is 7.72. The quantitative estimate of drug-likeness (QED) is 0.906. The van der Waals surface area contributed by atoms with E-state index in [9.17, 15) is 4.79 Å². The van der Waals surface area contributed by atoms with Gasteiger partial charge in [0.1, 0.15) is 0 Å². The molecule has 5 heteroatoms. The summed E-state index contributed by atoms with van der Waals surface area (Å²) in [4.78, 5) is 18.4. The molecule has 0 saturated heterocycles. The number of benzene rings is 1. The smallest absolute Gasteiger partial charge is 0.224 e. The van der Waals surface area contributed by atoms with Gasteiger partial charge in [-0.3, -0.25) is 4.79 Å². The summed E-state index contributed by atoms with van der Waals surface area (Å²) in [6.07, 6.45) is 3.68. The van der Waals surface area contributed by atoms with Gasteiger partial charge in [0.15, 0.2) is 0 Å². The van der Waals surface area contributed by atoms with Crippen LogP contribution in [0.2, 0.25) is 0 Å². The topological polar surface area (TPSA) is 57.8 Å². The van der Waals surface area contributed by atoms with Crippen molar-refractivity contribution in [2.45, 2.75) is 13.0 Å². The molecule has 2 rings (SSSR count). The molecule has 4 nitrogen and oxygen atoms in total. The van der Waals surface area contributed by atoms with Gasteiger partial charge in [0.25, 0.3) is 0 Å². The molecule has 2 aromatic rings. The van der Waals surface area contributed by atoms with Gasteiger partial charge in [-0.2, -0.15) is 0 Å². The Morgan fingerprint density at radius 1 is 1.35 bits per heavy atom. The van der Waals surface area contributed by atoms with E-state index >= 15 is 0 Å². The highest BCUT2D eigenvalue weighted by atomic mass is 79.9. The van der Waals surface area contributed by atoms with Crippen molar-refractivity contribution in [3.05, 3.63) is 52.5 Å². The SMILES string of the molecule is O=C(Cc1ccc(Br)cc1)NCc1cnc[nH]1. The summed E-state index contributed by atoms with van der Waals surface area (Å²) in [7, 11) is 0. The van der Waals surface area contributed by atoms with Crippen molar-refractivity contribution in [1.29, 1.82) is 0 Å². The molecule has 0 atom stereocenters. The van der Waals surface area contributed by atoms with E-state index in [4.69, 9.17) is 0 Å². The third kappa shape index (κ3) is 3.71. The number of imidazole rings is 1. The molecule has 0 aliphatic rings. The van der Waals surface area contributed by atoms with Gasteiger partial charge in [0, 0.05) is 10.7 Å². The molecule has 88 valence electrons. The van der Waals surface area contributed by atoms with Crippen LogP contribution < -0.4 is 5.32 Å². The molecule has 0 aliphatic heterocycles. The molecular formula is C12H12BrN3O. The molecule has 0 aliphatic carbocycles. The van der Waals surface area contributed by atoms with Gasteiger partial charge in [0.2, 0.25) is 5.91 Å². The highest BCUT2D eigenvalue weighted by Gasteiger charge is 2.03. The molecule has 0 radical (unpaired) electrons. The lowest BCUT2D eigenvalue weighted by Crippen LogP contribution is -2.24. The number of rotatable bonds is 4. The molecule has 0 spiro atoms. The van der Waals surface area contributed by atoms with Crippen molar-refractivity contribution < 1.29 is 4.79 Å². The molecule has 1 amide bonds. The molecule has 1 heterocycles. The van der Waals surface area contributed by atoms with E-state index in [0.717, 1.165) is 15.7 Å². The number of nitrogens with one attached hydrogen (secondary N) is 2. The van der Waals surface area contributed by atoms with Gasteiger partial charge >= 0.3 is 0 Å². The van der Waals surface area contributed by atoms with Crippen LogP contribution in [0.15, 0.2) is 41.3 Å². The van der Waals surface area contributed by atoms with Crippen molar-refractivity contribution in [1.82, 2.24) is 15.3 Å². The molecule has 17 heavy (non-hydrogen) atoms. The summed E-state index contributed by atoms with van der Waals surface area (Å²) in [6.45, 7) is 0.482. The largest absolute Gasteiger partial charge is 0.350 e. The van der Waals surface area contributed by atoms with Crippen LogP contribution in [-0.2, 0) is 17.8 Å². The number of hydrogen-bond donors (Lipinski definition) is 2. The first-order valence-corrected chi connectivity index (χ1v) is 6.02. The van der Waals surface area contributed by atoms with E-state index in [1.165, 1.54) is 0 Å². The van der Waals surface area contributed by atoms with Crippen LogP contribution in [0.4, 0.5) is 0 Å². The minimum atomic E-state index is 0.00178. The number of aromatic amines is 1. The first-order chi connectivity index (χ1) is 8.24. The summed E-state index contributed by atoms with van der Waals surface area (Å²) >= 11 is 3.36. The first kappa shape index (κ1) is 11.9. The molecule has 1 aromatic carbocycles. The average Bonchev–Trinajstić information content (AvgIpc) is 2.83. The summed E-state index contributed by atoms with van der Waals surface area (Å²) in [5.41, 5.74) is 1.89. The highest BCUT2D eigenvalue weighted by molar-refractivity contribution is 9.10. The molecule has 2 N–H and O–H groups in total. The molecular weight excluding hydrogens is 282 g/mol. The van der Waals surface area contributed by atoms with Crippen molar-refractivity contribution >= 4 is 21.8 Å². The van der Waals surface area contributed by atoms with Crippen molar-refractivity contribution in [2.24, 2.45) is 0 Å². The third-order valence-corrected chi connectivity index (χ3v) is 2.84. The predicted molar refractivity (Wildman–Crippen MR) is 68.3 cm³/mol. The summed E-state index contributed by atoms with van der Waals surface area (Å²) in [5.74, 6) is 0.00178. The second-order valence-electron chi connectivity index (χ2n) is 3.66. The lowest BCUT2D eigenvalue weighted by molar-refractivity contribution is -0.120. The Hall–Kier alpha value is -1.62. The van der Waals surface area contributed by atoms with E-state index in [2.05, 4.69) is 31.2 Å². The second kappa shape index (κ2) is 5.63. The molecule has 0 bridgehead atoms. The fourth-order valence-electron chi connectivity index (χ4n) is 1.43. The third-order valence-electron chi connectivity index (χ3n) is 2.31. The van der Waals surface area contributed by atoms with E-state index in [0.29, 0.717) is 13.0 Å². The summed E-state index contributed by atoms with van der Waals surface area (Å²) in [5, 5.41) is 2.83. The predicted octanol–water partition coefficient (Wildman–Crippen LogP) is 2.03. The molecule has 0 fully saturated rings. The molecule has 1 aromatic heterocycles. The minimum Gasteiger partial charge on any atom is -0.350 e.